The summed E-state index contributed by atoms with van der Waals surface area (Å²) in [5.41, 5.74) is 1.47. The van der Waals surface area contributed by atoms with E-state index in [-0.39, 0.29) is 12.0 Å². The minimum atomic E-state index is 0.269. The highest BCUT2D eigenvalue weighted by atomic mass is 16.2. The lowest BCUT2D eigenvalue weighted by molar-refractivity contribution is -0.133. The number of nitrogens with zero attached hydrogens (tertiary/aromatic N) is 4. The van der Waals surface area contributed by atoms with Crippen LogP contribution in [0.15, 0.2) is 18.3 Å². The van der Waals surface area contributed by atoms with Crippen molar-refractivity contribution in [2.75, 3.05) is 25.0 Å². The number of rotatable bonds is 3. The molecule has 1 amide bonds. The predicted molar refractivity (Wildman–Crippen MR) is 79.7 cm³/mol. The van der Waals surface area contributed by atoms with Crippen LogP contribution in [0.3, 0.4) is 0 Å². The number of hydrogen-bond donors (Lipinski definition) is 0. The van der Waals surface area contributed by atoms with Crippen molar-refractivity contribution in [3.63, 3.8) is 0 Å². The Bertz CT molecular complexity index is 576. The Morgan fingerprint density at radius 3 is 3.00 bits per heavy atom. The van der Waals surface area contributed by atoms with Gasteiger partial charge in [-0.3, -0.25) is 4.79 Å². The highest BCUT2D eigenvalue weighted by Crippen LogP contribution is 2.32. The molecule has 3 rings (SSSR count). The van der Waals surface area contributed by atoms with Crippen molar-refractivity contribution in [2.45, 2.75) is 31.7 Å². The van der Waals surface area contributed by atoms with Crippen molar-refractivity contribution >= 4 is 11.6 Å². The molecular formula is C16H20N4O. The number of hydrogen-bond acceptors (Lipinski definition) is 4. The average molecular weight is 284 g/mol. The Balaban J connectivity index is 1.70. The van der Waals surface area contributed by atoms with E-state index in [1.54, 1.807) is 6.20 Å². The Morgan fingerprint density at radius 2 is 2.29 bits per heavy atom. The van der Waals surface area contributed by atoms with E-state index in [0.29, 0.717) is 11.6 Å². The van der Waals surface area contributed by atoms with Gasteiger partial charge in [-0.2, -0.15) is 5.26 Å². The van der Waals surface area contributed by atoms with E-state index in [1.165, 1.54) is 0 Å². The maximum absolute atomic E-state index is 12.2. The highest BCUT2D eigenvalue weighted by Gasteiger charge is 2.35. The summed E-state index contributed by atoms with van der Waals surface area (Å²) in [7, 11) is 1.93. The Kier molecular flexibility index (Phi) is 3.78. The van der Waals surface area contributed by atoms with E-state index >= 15 is 0 Å². The molecule has 1 aliphatic carbocycles. The summed E-state index contributed by atoms with van der Waals surface area (Å²) in [6.45, 7) is 1.81. The second-order valence-electron chi connectivity index (χ2n) is 5.98. The van der Waals surface area contributed by atoms with Crippen molar-refractivity contribution in [1.82, 2.24) is 9.88 Å². The van der Waals surface area contributed by atoms with Gasteiger partial charge >= 0.3 is 0 Å². The number of amides is 1. The van der Waals surface area contributed by atoms with Crippen LogP contribution in [0.4, 0.5) is 5.69 Å². The fourth-order valence-corrected chi connectivity index (χ4v) is 2.98. The first kappa shape index (κ1) is 13.9. The normalized spacial score (nSPS) is 21.7. The van der Waals surface area contributed by atoms with Crippen LogP contribution in [-0.2, 0) is 4.79 Å². The summed E-state index contributed by atoms with van der Waals surface area (Å²) in [6, 6.07) is 6.11. The van der Waals surface area contributed by atoms with E-state index in [1.807, 2.05) is 24.1 Å². The number of piperidine rings is 1. The van der Waals surface area contributed by atoms with Crippen LogP contribution in [0, 0.1) is 17.2 Å². The van der Waals surface area contributed by atoms with Gasteiger partial charge in [0.2, 0.25) is 5.91 Å². The number of aromatic nitrogens is 1. The molecule has 1 aromatic rings. The van der Waals surface area contributed by atoms with E-state index in [4.69, 9.17) is 5.26 Å². The van der Waals surface area contributed by atoms with E-state index < -0.39 is 0 Å². The molecule has 21 heavy (non-hydrogen) atoms. The van der Waals surface area contributed by atoms with E-state index in [0.717, 1.165) is 44.5 Å². The molecule has 0 radical (unpaired) electrons. The van der Waals surface area contributed by atoms with Crippen molar-refractivity contribution in [1.29, 1.82) is 5.26 Å². The molecule has 2 heterocycles. The van der Waals surface area contributed by atoms with Crippen LogP contribution in [-0.4, -0.2) is 42.0 Å². The van der Waals surface area contributed by atoms with E-state index in [9.17, 15) is 4.79 Å². The van der Waals surface area contributed by atoms with Gasteiger partial charge in [-0.1, -0.05) is 0 Å². The quantitative estimate of drug-likeness (QED) is 0.849. The molecule has 1 aliphatic heterocycles. The van der Waals surface area contributed by atoms with Crippen LogP contribution < -0.4 is 4.90 Å². The number of carbonyl (C=O) groups is 1. The molecule has 1 saturated carbocycles. The third-order valence-corrected chi connectivity index (χ3v) is 4.44. The van der Waals surface area contributed by atoms with Gasteiger partial charge in [0, 0.05) is 44.0 Å². The number of carbonyl (C=O) groups excluding carboxylic acids is 1. The number of nitriles is 1. The molecule has 2 fully saturated rings. The molecule has 0 aromatic carbocycles. The molecule has 110 valence electrons. The van der Waals surface area contributed by atoms with Crippen molar-refractivity contribution < 1.29 is 4.79 Å². The standard InChI is InChI=1S/C16H20N4O/c1-19(16(21)12-4-5-12)15-3-2-8-20(11-15)14-6-7-18-13(9-14)10-17/h6-7,9,12,15H,2-5,8,11H2,1H3. The topological polar surface area (TPSA) is 60.2 Å². The highest BCUT2D eigenvalue weighted by molar-refractivity contribution is 5.81. The van der Waals surface area contributed by atoms with Crippen molar-refractivity contribution in [2.24, 2.45) is 5.92 Å². The summed E-state index contributed by atoms with van der Waals surface area (Å²) in [5, 5.41) is 8.96. The lowest BCUT2D eigenvalue weighted by Gasteiger charge is -2.39. The Labute approximate surface area is 125 Å². The maximum atomic E-state index is 12.2. The summed E-state index contributed by atoms with van der Waals surface area (Å²) < 4.78 is 0. The lowest BCUT2D eigenvalue weighted by atomic mass is 10.0. The zero-order valence-electron chi connectivity index (χ0n) is 12.3. The Hall–Kier alpha value is -2.09. The van der Waals surface area contributed by atoms with Crippen LogP contribution >= 0.6 is 0 Å². The molecule has 5 heteroatoms. The number of pyridine rings is 1. The van der Waals surface area contributed by atoms with Gasteiger partial charge in [0.05, 0.1) is 0 Å². The molecule has 0 spiro atoms. The molecule has 0 N–H and O–H groups in total. The first-order chi connectivity index (χ1) is 10.2. The zero-order chi connectivity index (χ0) is 14.8. The van der Waals surface area contributed by atoms with Gasteiger partial charge in [0.25, 0.3) is 0 Å². The first-order valence-corrected chi connectivity index (χ1v) is 7.57. The molecule has 0 bridgehead atoms. The van der Waals surface area contributed by atoms with Gasteiger partial charge < -0.3 is 9.80 Å². The Morgan fingerprint density at radius 1 is 1.48 bits per heavy atom. The summed E-state index contributed by atoms with van der Waals surface area (Å²) in [5.74, 6) is 0.575. The minimum absolute atomic E-state index is 0.269. The molecule has 5 nitrogen and oxygen atoms in total. The van der Waals surface area contributed by atoms with Crippen molar-refractivity contribution in [3.05, 3.63) is 24.0 Å². The molecule has 1 aromatic heterocycles. The lowest BCUT2D eigenvalue weighted by Crippen LogP contribution is -2.49. The largest absolute Gasteiger partial charge is 0.369 e. The van der Waals surface area contributed by atoms with Gasteiger partial charge in [0.1, 0.15) is 11.8 Å². The van der Waals surface area contributed by atoms with E-state index in [2.05, 4.69) is 16.0 Å². The number of likely N-dealkylation sites (N-methyl/N-ethyl adjacent to an activating group) is 1. The summed E-state index contributed by atoms with van der Waals surface area (Å²) in [6.07, 6.45) is 5.90. The SMILES string of the molecule is CN(C(=O)C1CC1)C1CCCN(c2ccnc(C#N)c2)C1. The average Bonchev–Trinajstić information content (AvgIpc) is 3.38. The fourth-order valence-electron chi connectivity index (χ4n) is 2.98. The third kappa shape index (κ3) is 2.99. The zero-order valence-corrected chi connectivity index (χ0v) is 12.3. The molecule has 1 unspecified atom stereocenters. The number of anilines is 1. The molecule has 1 saturated heterocycles. The van der Waals surface area contributed by atoms with Crippen LogP contribution in [0.2, 0.25) is 0 Å². The smallest absolute Gasteiger partial charge is 0.225 e. The minimum Gasteiger partial charge on any atom is -0.369 e. The molecule has 1 atom stereocenters. The van der Waals surface area contributed by atoms with Crippen LogP contribution in [0.1, 0.15) is 31.4 Å². The maximum Gasteiger partial charge on any atom is 0.225 e. The van der Waals surface area contributed by atoms with Gasteiger partial charge in [0.15, 0.2) is 0 Å². The first-order valence-electron chi connectivity index (χ1n) is 7.57. The molecule has 2 aliphatic rings. The van der Waals surface area contributed by atoms with Crippen LogP contribution in [0.5, 0.6) is 0 Å². The second-order valence-corrected chi connectivity index (χ2v) is 5.98. The van der Waals surface area contributed by atoms with Gasteiger partial charge in [-0.25, -0.2) is 4.98 Å². The molecular weight excluding hydrogens is 264 g/mol. The second kappa shape index (κ2) is 5.72. The van der Waals surface area contributed by atoms with Crippen molar-refractivity contribution in [3.8, 4) is 6.07 Å². The third-order valence-electron chi connectivity index (χ3n) is 4.44. The predicted octanol–water partition coefficient (Wildman–Crippen LogP) is 1.79. The summed E-state index contributed by atoms with van der Waals surface area (Å²) >= 11 is 0. The van der Waals surface area contributed by atoms with Crippen LogP contribution in [0.25, 0.3) is 0 Å². The fraction of sp³-hybridized carbons (Fsp3) is 0.562. The van der Waals surface area contributed by atoms with Gasteiger partial charge in [-0.15, -0.1) is 0 Å². The summed E-state index contributed by atoms with van der Waals surface area (Å²) in [4.78, 5) is 20.4. The van der Waals surface area contributed by atoms with Gasteiger partial charge in [-0.05, 0) is 37.8 Å². The monoisotopic (exact) mass is 284 g/mol.